The number of sulfonamides is 1. The quantitative estimate of drug-likeness (QED) is 0.825. The molecule has 6 nitrogen and oxygen atoms in total. The van der Waals surface area contributed by atoms with Crippen LogP contribution in [-0.4, -0.2) is 40.7 Å². The van der Waals surface area contributed by atoms with Crippen LogP contribution in [0.15, 0.2) is 36.7 Å². The van der Waals surface area contributed by atoms with Gasteiger partial charge < -0.3 is 9.30 Å². The Hall–Kier alpha value is -1.93. The molecule has 0 aromatic carbocycles. The van der Waals surface area contributed by atoms with Gasteiger partial charge in [-0.3, -0.25) is 0 Å². The zero-order chi connectivity index (χ0) is 17.2. The monoisotopic (exact) mass is 353 g/mol. The van der Waals surface area contributed by atoms with Crippen LogP contribution in [0.4, 0.5) is 4.39 Å². The topological polar surface area (TPSA) is 64.4 Å². The summed E-state index contributed by atoms with van der Waals surface area (Å²) in [6.45, 7) is 2.73. The zero-order valence-electron chi connectivity index (χ0n) is 13.4. The Morgan fingerprint density at radius 1 is 1.33 bits per heavy atom. The second kappa shape index (κ2) is 6.90. The number of halogens is 1. The fourth-order valence-electron chi connectivity index (χ4n) is 2.81. The van der Waals surface area contributed by atoms with Crippen LogP contribution < -0.4 is 4.74 Å². The SMILES string of the molecule is CCCS(=O)(=O)N1Cc2cccn2CC(Oc2ncccc2F)C1. The molecule has 0 spiro atoms. The van der Waals surface area contributed by atoms with Gasteiger partial charge >= 0.3 is 0 Å². The lowest BCUT2D eigenvalue weighted by Gasteiger charge is -2.24. The minimum absolute atomic E-state index is 0.0817. The lowest BCUT2D eigenvalue weighted by Crippen LogP contribution is -2.39. The van der Waals surface area contributed by atoms with Gasteiger partial charge in [0.15, 0.2) is 5.82 Å². The van der Waals surface area contributed by atoms with Gasteiger partial charge in [0.2, 0.25) is 10.0 Å². The van der Waals surface area contributed by atoms with Crippen molar-refractivity contribution < 1.29 is 17.5 Å². The maximum atomic E-state index is 13.8. The average Bonchev–Trinajstić information content (AvgIpc) is 2.88. The molecule has 8 heteroatoms. The number of aromatic nitrogens is 2. The molecule has 0 bridgehead atoms. The predicted molar refractivity (Wildman–Crippen MR) is 87.5 cm³/mol. The zero-order valence-corrected chi connectivity index (χ0v) is 14.2. The van der Waals surface area contributed by atoms with Crippen LogP contribution in [0.25, 0.3) is 0 Å². The molecule has 0 radical (unpaired) electrons. The summed E-state index contributed by atoms with van der Waals surface area (Å²) in [6, 6.07) is 6.50. The normalized spacial score (nSPS) is 18.8. The Morgan fingerprint density at radius 2 is 2.17 bits per heavy atom. The van der Waals surface area contributed by atoms with Crippen LogP contribution >= 0.6 is 0 Å². The van der Waals surface area contributed by atoms with Gasteiger partial charge in [-0.2, -0.15) is 4.31 Å². The van der Waals surface area contributed by atoms with Crippen LogP contribution in [0, 0.1) is 5.82 Å². The van der Waals surface area contributed by atoms with Gasteiger partial charge in [0.1, 0.15) is 6.10 Å². The number of nitrogens with zero attached hydrogens (tertiary/aromatic N) is 3. The molecule has 1 aliphatic rings. The predicted octanol–water partition coefficient (Wildman–Crippen LogP) is 2.03. The minimum Gasteiger partial charge on any atom is -0.469 e. The molecule has 24 heavy (non-hydrogen) atoms. The maximum Gasteiger partial charge on any atom is 0.250 e. The number of hydrogen-bond donors (Lipinski definition) is 0. The number of pyridine rings is 1. The molecule has 0 aliphatic carbocycles. The summed E-state index contributed by atoms with van der Waals surface area (Å²) in [4.78, 5) is 3.90. The summed E-state index contributed by atoms with van der Waals surface area (Å²) < 4.78 is 47.9. The molecule has 0 amide bonds. The van der Waals surface area contributed by atoms with E-state index in [4.69, 9.17) is 4.74 Å². The summed E-state index contributed by atoms with van der Waals surface area (Å²) in [5.74, 6) is -0.582. The first-order chi connectivity index (χ1) is 11.5. The Kier molecular flexibility index (Phi) is 4.86. The van der Waals surface area contributed by atoms with Crippen LogP contribution in [0.2, 0.25) is 0 Å². The fraction of sp³-hybridized carbons (Fsp3) is 0.438. The van der Waals surface area contributed by atoms with Crippen molar-refractivity contribution in [2.45, 2.75) is 32.5 Å². The molecular weight excluding hydrogens is 333 g/mol. The van der Waals surface area contributed by atoms with E-state index in [0.29, 0.717) is 19.5 Å². The van der Waals surface area contributed by atoms with Gasteiger partial charge in [-0.15, -0.1) is 0 Å². The molecular formula is C16H20FN3O3S. The van der Waals surface area contributed by atoms with E-state index in [2.05, 4.69) is 4.98 Å². The van der Waals surface area contributed by atoms with Crippen LogP contribution in [0.1, 0.15) is 19.0 Å². The van der Waals surface area contributed by atoms with E-state index in [-0.39, 0.29) is 18.2 Å². The highest BCUT2D eigenvalue weighted by Crippen LogP contribution is 2.21. The molecule has 0 saturated carbocycles. The molecule has 1 atom stereocenters. The molecule has 0 N–H and O–H groups in total. The first-order valence-corrected chi connectivity index (χ1v) is 9.49. The highest BCUT2D eigenvalue weighted by molar-refractivity contribution is 7.89. The van der Waals surface area contributed by atoms with Gasteiger partial charge in [-0.1, -0.05) is 6.92 Å². The van der Waals surface area contributed by atoms with Crippen molar-refractivity contribution in [3.63, 3.8) is 0 Å². The fourth-order valence-corrected chi connectivity index (χ4v) is 4.31. The van der Waals surface area contributed by atoms with E-state index >= 15 is 0 Å². The number of rotatable bonds is 5. The third-order valence-electron chi connectivity index (χ3n) is 3.93. The molecule has 130 valence electrons. The van der Waals surface area contributed by atoms with E-state index < -0.39 is 21.9 Å². The molecule has 2 aromatic rings. The summed E-state index contributed by atoms with van der Waals surface area (Å²) >= 11 is 0. The van der Waals surface area contributed by atoms with Gasteiger partial charge in [-0.05, 0) is 30.7 Å². The maximum absolute atomic E-state index is 13.8. The highest BCUT2D eigenvalue weighted by Gasteiger charge is 2.30. The molecule has 3 rings (SSSR count). The average molecular weight is 353 g/mol. The van der Waals surface area contributed by atoms with Crippen molar-refractivity contribution in [1.82, 2.24) is 13.9 Å². The van der Waals surface area contributed by atoms with E-state index in [1.54, 1.807) is 0 Å². The van der Waals surface area contributed by atoms with Crippen LogP contribution in [0.3, 0.4) is 0 Å². The van der Waals surface area contributed by atoms with Crippen molar-refractivity contribution in [2.75, 3.05) is 12.3 Å². The number of fused-ring (bicyclic) bond motifs is 1. The van der Waals surface area contributed by atoms with Crippen LogP contribution in [-0.2, 0) is 23.1 Å². The molecule has 1 unspecified atom stereocenters. The lowest BCUT2D eigenvalue weighted by atomic mass is 10.3. The Balaban J connectivity index is 1.88. The van der Waals surface area contributed by atoms with Crippen molar-refractivity contribution in [1.29, 1.82) is 0 Å². The van der Waals surface area contributed by atoms with E-state index in [0.717, 1.165) is 5.69 Å². The van der Waals surface area contributed by atoms with Gasteiger partial charge in [0.05, 0.1) is 25.4 Å². The van der Waals surface area contributed by atoms with E-state index in [9.17, 15) is 12.8 Å². The van der Waals surface area contributed by atoms with Crippen molar-refractivity contribution in [3.05, 3.63) is 48.2 Å². The summed E-state index contributed by atoms with van der Waals surface area (Å²) in [6.07, 6.45) is 3.34. The summed E-state index contributed by atoms with van der Waals surface area (Å²) in [5.41, 5.74) is 0.891. The molecule has 0 fully saturated rings. The summed E-state index contributed by atoms with van der Waals surface area (Å²) in [5, 5.41) is 0. The van der Waals surface area contributed by atoms with Gasteiger partial charge in [-0.25, -0.2) is 17.8 Å². The second-order valence-electron chi connectivity index (χ2n) is 5.79. The van der Waals surface area contributed by atoms with Gasteiger partial charge in [0, 0.05) is 18.1 Å². The standard InChI is InChI=1S/C16H20FN3O3S/c1-2-9-24(21,22)20-10-13-5-4-8-19(13)11-14(12-20)23-16-15(17)6-3-7-18-16/h3-8,14H,2,9-12H2,1H3. The first-order valence-electron chi connectivity index (χ1n) is 7.88. The van der Waals surface area contributed by atoms with E-state index in [1.165, 1.54) is 22.6 Å². The summed E-state index contributed by atoms with van der Waals surface area (Å²) in [7, 11) is -3.39. The van der Waals surface area contributed by atoms with Crippen LogP contribution in [0.5, 0.6) is 5.88 Å². The smallest absolute Gasteiger partial charge is 0.250 e. The van der Waals surface area contributed by atoms with Crippen molar-refractivity contribution >= 4 is 10.0 Å². The minimum atomic E-state index is -3.39. The molecule has 3 heterocycles. The third kappa shape index (κ3) is 3.59. The lowest BCUT2D eigenvalue weighted by molar-refractivity contribution is 0.147. The number of hydrogen-bond acceptors (Lipinski definition) is 4. The first kappa shape index (κ1) is 16.9. The number of ether oxygens (including phenoxy) is 1. The van der Waals surface area contributed by atoms with E-state index in [1.807, 2.05) is 29.8 Å². The van der Waals surface area contributed by atoms with Crippen molar-refractivity contribution in [3.8, 4) is 5.88 Å². The Bertz CT molecular complexity index is 806. The second-order valence-corrected chi connectivity index (χ2v) is 7.88. The highest BCUT2D eigenvalue weighted by atomic mass is 32.2. The third-order valence-corrected chi connectivity index (χ3v) is 5.92. The Morgan fingerprint density at radius 3 is 2.92 bits per heavy atom. The molecule has 0 saturated heterocycles. The molecule has 2 aromatic heterocycles. The largest absolute Gasteiger partial charge is 0.469 e. The molecule has 1 aliphatic heterocycles. The Labute approximate surface area is 140 Å². The van der Waals surface area contributed by atoms with Crippen molar-refractivity contribution in [2.24, 2.45) is 0 Å². The van der Waals surface area contributed by atoms with Gasteiger partial charge in [0.25, 0.3) is 5.88 Å².